The lowest BCUT2D eigenvalue weighted by Crippen LogP contribution is -2.36. The SMILES string of the molecule is CNSC(=O)N(C)C(=O)C(CN=S(=O)=O)c1ccc(C)cc1. The summed E-state index contributed by atoms with van der Waals surface area (Å²) in [6.07, 6.45) is 0. The Bertz CT molecular complexity index is 663. The average molecular weight is 343 g/mol. The van der Waals surface area contributed by atoms with Gasteiger partial charge in [-0.25, -0.2) is 0 Å². The Morgan fingerprint density at radius 1 is 1.32 bits per heavy atom. The molecule has 0 bridgehead atoms. The number of nitrogens with one attached hydrogen (secondary N) is 1. The summed E-state index contributed by atoms with van der Waals surface area (Å²) in [5, 5.41) is -0.479. The molecule has 1 unspecified atom stereocenters. The van der Waals surface area contributed by atoms with Gasteiger partial charge in [-0.05, 0) is 19.5 Å². The Morgan fingerprint density at radius 2 is 1.91 bits per heavy atom. The summed E-state index contributed by atoms with van der Waals surface area (Å²) < 4.78 is 27.2. The zero-order valence-corrected chi connectivity index (χ0v) is 14.1. The molecule has 9 heteroatoms. The van der Waals surface area contributed by atoms with Crippen LogP contribution in [0.5, 0.6) is 0 Å². The molecule has 0 spiro atoms. The van der Waals surface area contributed by atoms with Crippen LogP contribution in [0.2, 0.25) is 0 Å². The number of likely N-dealkylation sites (N-methyl/N-ethyl adjacent to an activating group) is 1. The van der Waals surface area contributed by atoms with Gasteiger partial charge in [-0.1, -0.05) is 29.8 Å². The number of nitrogens with zero attached hydrogens (tertiary/aromatic N) is 2. The van der Waals surface area contributed by atoms with Crippen molar-refractivity contribution < 1.29 is 18.0 Å². The van der Waals surface area contributed by atoms with Crippen LogP contribution in [0, 0.1) is 6.92 Å². The van der Waals surface area contributed by atoms with Crippen LogP contribution in [0.3, 0.4) is 0 Å². The Hall–Kier alpha value is -1.71. The van der Waals surface area contributed by atoms with Gasteiger partial charge in [0.25, 0.3) is 0 Å². The molecule has 0 saturated heterocycles. The highest BCUT2D eigenvalue weighted by molar-refractivity contribution is 8.11. The third kappa shape index (κ3) is 5.24. The number of rotatable bonds is 5. The highest BCUT2D eigenvalue weighted by atomic mass is 32.2. The van der Waals surface area contributed by atoms with Crippen LogP contribution in [0.25, 0.3) is 0 Å². The van der Waals surface area contributed by atoms with E-state index in [0.717, 1.165) is 22.4 Å². The molecule has 1 aromatic rings. The van der Waals surface area contributed by atoms with Gasteiger partial charge in [0, 0.05) is 19.0 Å². The molecule has 0 aliphatic carbocycles. The first-order valence-electron chi connectivity index (χ1n) is 6.35. The van der Waals surface area contributed by atoms with E-state index in [2.05, 4.69) is 9.08 Å². The Labute approximate surface area is 134 Å². The maximum absolute atomic E-state index is 12.5. The second-order valence-corrected chi connectivity index (χ2v) is 6.12. The third-order valence-electron chi connectivity index (χ3n) is 2.93. The lowest BCUT2D eigenvalue weighted by atomic mass is 9.97. The van der Waals surface area contributed by atoms with Crippen molar-refractivity contribution >= 4 is 33.6 Å². The van der Waals surface area contributed by atoms with E-state index in [1.54, 1.807) is 19.2 Å². The minimum absolute atomic E-state index is 0.236. The highest BCUT2D eigenvalue weighted by Gasteiger charge is 2.27. The van der Waals surface area contributed by atoms with E-state index in [0.29, 0.717) is 5.56 Å². The fraction of sp³-hybridized carbons (Fsp3) is 0.385. The fourth-order valence-corrected chi connectivity index (χ4v) is 2.41. The van der Waals surface area contributed by atoms with E-state index in [4.69, 9.17) is 0 Å². The van der Waals surface area contributed by atoms with Crippen molar-refractivity contribution in [3.63, 3.8) is 0 Å². The number of carbonyl (C=O) groups is 2. The van der Waals surface area contributed by atoms with Crippen molar-refractivity contribution in [2.24, 2.45) is 4.36 Å². The molecule has 0 aliphatic heterocycles. The van der Waals surface area contributed by atoms with E-state index in [1.807, 2.05) is 19.1 Å². The monoisotopic (exact) mass is 343 g/mol. The molecule has 120 valence electrons. The van der Waals surface area contributed by atoms with Crippen molar-refractivity contribution in [2.45, 2.75) is 12.8 Å². The number of aryl methyl sites for hydroxylation is 1. The van der Waals surface area contributed by atoms with Crippen molar-refractivity contribution in [1.82, 2.24) is 9.62 Å². The smallest absolute Gasteiger partial charge is 0.275 e. The molecule has 0 radical (unpaired) electrons. The molecule has 0 fully saturated rings. The predicted octanol–water partition coefficient (Wildman–Crippen LogP) is 1.59. The van der Waals surface area contributed by atoms with Crippen molar-refractivity contribution in [3.05, 3.63) is 35.4 Å². The highest BCUT2D eigenvalue weighted by Crippen LogP contribution is 2.21. The number of carbonyl (C=O) groups excluding carboxylic acids is 2. The normalized spacial score (nSPS) is 11.6. The van der Waals surface area contributed by atoms with E-state index in [-0.39, 0.29) is 6.54 Å². The number of imide groups is 1. The van der Waals surface area contributed by atoms with Gasteiger partial charge in [-0.15, -0.1) is 0 Å². The lowest BCUT2D eigenvalue weighted by molar-refractivity contribution is -0.128. The molecule has 22 heavy (non-hydrogen) atoms. The van der Waals surface area contributed by atoms with Crippen LogP contribution in [0.15, 0.2) is 28.6 Å². The van der Waals surface area contributed by atoms with E-state index in [9.17, 15) is 18.0 Å². The Morgan fingerprint density at radius 3 is 2.41 bits per heavy atom. The lowest BCUT2D eigenvalue weighted by Gasteiger charge is -2.20. The average Bonchev–Trinajstić information content (AvgIpc) is 2.48. The molecule has 1 rings (SSSR count). The second-order valence-electron chi connectivity index (χ2n) is 4.46. The molecule has 7 nitrogen and oxygen atoms in total. The van der Waals surface area contributed by atoms with Crippen LogP contribution in [0.4, 0.5) is 4.79 Å². The van der Waals surface area contributed by atoms with Gasteiger partial charge in [-0.2, -0.15) is 12.8 Å². The maximum atomic E-state index is 12.5. The van der Waals surface area contributed by atoms with Gasteiger partial charge in [0.05, 0.1) is 12.5 Å². The second kappa shape index (κ2) is 8.66. The molecule has 0 aliphatic rings. The molecular weight excluding hydrogens is 326 g/mol. The maximum Gasteiger partial charge on any atom is 0.311 e. The predicted molar refractivity (Wildman–Crippen MR) is 85.0 cm³/mol. The van der Waals surface area contributed by atoms with E-state index < -0.39 is 27.6 Å². The molecule has 1 aromatic carbocycles. The van der Waals surface area contributed by atoms with Gasteiger partial charge in [-0.3, -0.25) is 19.2 Å². The first-order chi connectivity index (χ1) is 10.4. The Balaban J connectivity index is 3.09. The summed E-state index contributed by atoms with van der Waals surface area (Å²) in [5.41, 5.74) is 1.62. The summed E-state index contributed by atoms with van der Waals surface area (Å²) in [4.78, 5) is 25.2. The van der Waals surface area contributed by atoms with E-state index in [1.165, 1.54) is 7.05 Å². The van der Waals surface area contributed by atoms with Gasteiger partial charge < -0.3 is 0 Å². The standard InChI is InChI=1S/C13H17N3O4S2/c1-9-4-6-10(7-5-9)11(8-15-22(19)20)12(17)16(3)13(18)21-14-2/h4-7,11,14H,8H2,1-3H3. The first-order valence-corrected chi connectivity index (χ1v) is 8.20. The topological polar surface area (TPSA) is 95.9 Å². The van der Waals surface area contributed by atoms with E-state index >= 15 is 0 Å². The largest absolute Gasteiger partial charge is 0.311 e. The summed E-state index contributed by atoms with van der Waals surface area (Å²) in [7, 11) is 0.309. The number of amides is 2. The zero-order chi connectivity index (χ0) is 16.7. The van der Waals surface area contributed by atoms with Crippen molar-refractivity contribution in [3.8, 4) is 0 Å². The first kappa shape index (κ1) is 18.3. The molecule has 1 atom stereocenters. The van der Waals surface area contributed by atoms with Crippen LogP contribution < -0.4 is 4.72 Å². The van der Waals surface area contributed by atoms with Crippen LogP contribution in [-0.4, -0.2) is 45.1 Å². The zero-order valence-electron chi connectivity index (χ0n) is 12.4. The van der Waals surface area contributed by atoms with Crippen LogP contribution in [0.1, 0.15) is 17.0 Å². The quantitative estimate of drug-likeness (QED) is 0.816. The van der Waals surface area contributed by atoms with Gasteiger partial charge in [0.2, 0.25) is 5.91 Å². The van der Waals surface area contributed by atoms with Crippen molar-refractivity contribution in [2.75, 3.05) is 20.6 Å². The molecular formula is C13H17N3O4S2. The fourth-order valence-electron chi connectivity index (χ4n) is 1.74. The van der Waals surface area contributed by atoms with Gasteiger partial charge >= 0.3 is 15.7 Å². The minimum Gasteiger partial charge on any atom is -0.275 e. The van der Waals surface area contributed by atoms with Crippen LogP contribution >= 0.6 is 11.9 Å². The third-order valence-corrected chi connectivity index (χ3v) is 3.95. The van der Waals surface area contributed by atoms with Gasteiger partial charge in [0.15, 0.2) is 0 Å². The number of hydrogen-bond donors (Lipinski definition) is 1. The molecule has 0 heterocycles. The van der Waals surface area contributed by atoms with Gasteiger partial charge in [0.1, 0.15) is 0 Å². The molecule has 2 amide bonds. The summed E-state index contributed by atoms with van der Waals surface area (Å²) in [6.45, 7) is 1.66. The van der Waals surface area contributed by atoms with Crippen LogP contribution in [-0.2, 0) is 15.3 Å². The summed E-state index contributed by atoms with van der Waals surface area (Å²) in [5.74, 6) is -1.34. The molecule has 0 saturated carbocycles. The molecule has 1 N–H and O–H groups in total. The van der Waals surface area contributed by atoms with Crippen molar-refractivity contribution in [1.29, 1.82) is 0 Å². The number of hydrogen-bond acceptors (Lipinski definition) is 7. The minimum atomic E-state index is -2.61. The summed E-state index contributed by atoms with van der Waals surface area (Å²) >= 11 is 0.771. The molecule has 0 aromatic heterocycles. The Kier molecular flexibility index (Phi) is 7.22. The number of benzene rings is 1. The summed E-state index contributed by atoms with van der Waals surface area (Å²) in [6, 6.07) is 7.08.